The van der Waals surface area contributed by atoms with Crippen LogP contribution < -0.4 is 10.1 Å². The number of nitrogens with zero attached hydrogens (tertiary/aromatic N) is 1. The Morgan fingerprint density at radius 1 is 0.815 bits per heavy atom. The molecule has 3 aromatic carbocycles. The lowest BCUT2D eigenvalue weighted by atomic mass is 10.0. The number of rotatable bonds is 3. The van der Waals surface area contributed by atoms with E-state index in [1.165, 1.54) is 12.1 Å². The quantitative estimate of drug-likeness (QED) is 0.578. The number of alkyl halides is 5. The van der Waals surface area contributed by atoms with Gasteiger partial charge in [0.2, 0.25) is 0 Å². The van der Waals surface area contributed by atoms with Crippen LogP contribution in [-0.2, 0) is 0 Å². The molecule has 0 amide bonds. The van der Waals surface area contributed by atoms with E-state index in [2.05, 4.69) is 15.0 Å². The summed E-state index contributed by atoms with van der Waals surface area (Å²) in [6.07, 6.45) is -11.0. The number of hydrogen-bond acceptors (Lipinski definition) is 3. The molecular weight excluding hydrogens is 367 g/mol. The van der Waals surface area contributed by atoms with Crippen molar-refractivity contribution in [1.29, 1.82) is 0 Å². The summed E-state index contributed by atoms with van der Waals surface area (Å²) in [6.45, 7) is 0. The molecule has 0 radical (unpaired) electrons. The molecule has 27 heavy (non-hydrogen) atoms. The van der Waals surface area contributed by atoms with Crippen molar-refractivity contribution in [2.75, 3.05) is 5.32 Å². The third-order valence-corrected chi connectivity index (χ3v) is 4.07. The molecule has 0 saturated carbocycles. The maximum Gasteiger partial charge on any atom is 0.499 e. The molecule has 1 aliphatic rings. The molecule has 0 aliphatic carbocycles. The number of aliphatic imine (C=N–C) groups is 1. The van der Waals surface area contributed by atoms with E-state index in [9.17, 15) is 22.0 Å². The van der Waals surface area contributed by atoms with Gasteiger partial charge in [0, 0.05) is 16.6 Å². The second kappa shape index (κ2) is 5.94. The lowest BCUT2D eigenvalue weighted by molar-refractivity contribution is -0.360. The number of ether oxygens (including phenoxy) is 1. The zero-order valence-corrected chi connectivity index (χ0v) is 13.5. The molecule has 3 nitrogen and oxygen atoms in total. The molecule has 138 valence electrons. The van der Waals surface area contributed by atoms with Crippen LogP contribution in [0, 0.1) is 0 Å². The highest BCUT2D eigenvalue weighted by atomic mass is 19.4. The van der Waals surface area contributed by atoms with E-state index >= 15 is 0 Å². The monoisotopic (exact) mass is 378 g/mol. The number of benzene rings is 3. The number of hydrogen-bond donors (Lipinski definition) is 1. The van der Waals surface area contributed by atoms with E-state index < -0.39 is 18.0 Å². The molecule has 0 atom stereocenters. The van der Waals surface area contributed by atoms with Gasteiger partial charge in [-0.25, -0.2) is 4.99 Å². The molecule has 0 aromatic heterocycles. The van der Waals surface area contributed by atoms with Crippen LogP contribution in [0.1, 0.15) is 5.56 Å². The zero-order valence-electron chi connectivity index (χ0n) is 13.5. The number of amidine groups is 1. The van der Waals surface area contributed by atoms with Gasteiger partial charge in [-0.3, -0.25) is 0 Å². The van der Waals surface area contributed by atoms with Gasteiger partial charge < -0.3 is 10.1 Å². The third-order valence-electron chi connectivity index (χ3n) is 4.07. The fourth-order valence-corrected chi connectivity index (χ4v) is 2.82. The lowest BCUT2D eigenvalue weighted by Crippen LogP contribution is -2.41. The van der Waals surface area contributed by atoms with E-state index in [0.29, 0.717) is 11.4 Å². The van der Waals surface area contributed by atoms with Crippen molar-refractivity contribution in [1.82, 2.24) is 0 Å². The average Bonchev–Trinajstić information content (AvgIpc) is 2.61. The van der Waals surface area contributed by atoms with Crippen molar-refractivity contribution in [2.24, 2.45) is 4.99 Å². The fraction of sp³-hybridized carbons (Fsp3) is 0.105. The first-order chi connectivity index (χ1) is 12.7. The predicted molar refractivity (Wildman–Crippen MR) is 91.8 cm³/mol. The number of anilines is 1. The molecule has 0 unspecified atom stereocenters. The SMILES string of the molecule is FC(F)(F)C(F)(F)Oc1ccc(C2=Nc3cccc4cccc(c34)N2)cc1. The highest BCUT2D eigenvalue weighted by molar-refractivity contribution is 6.18. The summed E-state index contributed by atoms with van der Waals surface area (Å²) in [4.78, 5) is 4.51. The maximum absolute atomic E-state index is 13.0. The van der Waals surface area contributed by atoms with E-state index in [4.69, 9.17) is 0 Å². The largest absolute Gasteiger partial charge is 0.499 e. The summed E-state index contributed by atoms with van der Waals surface area (Å²) < 4.78 is 66.5. The van der Waals surface area contributed by atoms with Crippen molar-refractivity contribution in [3.05, 3.63) is 66.2 Å². The van der Waals surface area contributed by atoms with Gasteiger partial charge >= 0.3 is 12.3 Å². The molecule has 0 fully saturated rings. The fourth-order valence-electron chi connectivity index (χ4n) is 2.82. The van der Waals surface area contributed by atoms with Crippen molar-refractivity contribution >= 4 is 28.0 Å². The molecule has 1 N–H and O–H groups in total. The Morgan fingerprint density at radius 3 is 2.15 bits per heavy atom. The molecule has 1 heterocycles. The summed E-state index contributed by atoms with van der Waals surface area (Å²) in [5.41, 5.74) is 2.09. The molecule has 8 heteroatoms. The number of nitrogens with one attached hydrogen (secondary N) is 1. The smallest absolute Gasteiger partial charge is 0.426 e. The van der Waals surface area contributed by atoms with Crippen LogP contribution in [0.3, 0.4) is 0 Å². The summed E-state index contributed by atoms with van der Waals surface area (Å²) in [6, 6.07) is 16.2. The number of halogens is 5. The van der Waals surface area contributed by atoms with Gasteiger partial charge in [0.05, 0.1) is 5.69 Å². The topological polar surface area (TPSA) is 33.6 Å². The van der Waals surface area contributed by atoms with Crippen LogP contribution in [0.15, 0.2) is 65.7 Å². The Bertz CT molecular complexity index is 1040. The molecule has 0 spiro atoms. The minimum atomic E-state index is -5.79. The molecular formula is C19H11F5N2O. The summed E-state index contributed by atoms with van der Waals surface area (Å²) in [7, 11) is 0. The molecule has 4 rings (SSSR count). The highest BCUT2D eigenvalue weighted by Crippen LogP contribution is 2.38. The highest BCUT2D eigenvalue weighted by Gasteiger charge is 2.61. The molecule has 3 aromatic rings. The second-order valence-electron chi connectivity index (χ2n) is 5.91. The summed E-state index contributed by atoms with van der Waals surface area (Å²) in [5.74, 6) is -0.143. The van der Waals surface area contributed by atoms with Crippen LogP contribution in [0.25, 0.3) is 10.8 Å². The van der Waals surface area contributed by atoms with Gasteiger partial charge in [-0.15, -0.1) is 0 Å². The van der Waals surface area contributed by atoms with Gasteiger partial charge in [0.1, 0.15) is 11.6 Å². The van der Waals surface area contributed by atoms with E-state index in [-0.39, 0.29) is 0 Å². The predicted octanol–water partition coefficient (Wildman–Crippen LogP) is 5.88. The molecule has 1 aliphatic heterocycles. The van der Waals surface area contributed by atoms with Gasteiger partial charge in [-0.05, 0) is 41.8 Å². The third kappa shape index (κ3) is 3.07. The van der Waals surface area contributed by atoms with Crippen molar-refractivity contribution in [3.63, 3.8) is 0 Å². The van der Waals surface area contributed by atoms with Crippen LogP contribution in [0.4, 0.5) is 33.3 Å². The minimum absolute atomic E-state index is 0.454. The Kier molecular flexibility index (Phi) is 3.80. The van der Waals surface area contributed by atoms with Gasteiger partial charge in [-0.2, -0.15) is 22.0 Å². The summed E-state index contributed by atoms with van der Waals surface area (Å²) in [5, 5.41) is 5.12. The van der Waals surface area contributed by atoms with Crippen molar-refractivity contribution in [2.45, 2.75) is 12.3 Å². The maximum atomic E-state index is 13.0. The van der Waals surface area contributed by atoms with E-state index in [1.54, 1.807) is 0 Å². The van der Waals surface area contributed by atoms with Crippen LogP contribution in [0.2, 0.25) is 0 Å². The second-order valence-corrected chi connectivity index (χ2v) is 5.91. The Balaban J connectivity index is 1.64. The van der Waals surface area contributed by atoms with E-state index in [0.717, 1.165) is 34.3 Å². The zero-order chi connectivity index (χ0) is 19.2. The van der Waals surface area contributed by atoms with Gasteiger partial charge in [0.15, 0.2) is 0 Å². The first-order valence-corrected chi connectivity index (χ1v) is 7.86. The Labute approximate surface area is 150 Å². The first kappa shape index (κ1) is 17.3. The lowest BCUT2D eigenvalue weighted by Gasteiger charge is -2.21. The molecule has 0 saturated heterocycles. The summed E-state index contributed by atoms with van der Waals surface area (Å²) >= 11 is 0. The van der Waals surface area contributed by atoms with Crippen molar-refractivity contribution < 1.29 is 26.7 Å². The Hall–Kier alpha value is -3.16. The van der Waals surface area contributed by atoms with Crippen LogP contribution >= 0.6 is 0 Å². The van der Waals surface area contributed by atoms with Crippen molar-refractivity contribution in [3.8, 4) is 5.75 Å². The first-order valence-electron chi connectivity index (χ1n) is 7.86. The minimum Gasteiger partial charge on any atom is -0.426 e. The van der Waals surface area contributed by atoms with E-state index in [1.807, 2.05) is 36.4 Å². The normalized spacial score (nSPS) is 13.9. The average molecular weight is 378 g/mol. The Morgan fingerprint density at radius 2 is 1.48 bits per heavy atom. The molecule has 0 bridgehead atoms. The van der Waals surface area contributed by atoms with Gasteiger partial charge in [0.25, 0.3) is 0 Å². The van der Waals surface area contributed by atoms with Crippen LogP contribution in [-0.4, -0.2) is 18.1 Å². The van der Waals surface area contributed by atoms with Crippen LogP contribution in [0.5, 0.6) is 5.75 Å². The van der Waals surface area contributed by atoms with Gasteiger partial charge in [-0.1, -0.05) is 24.3 Å². The standard InChI is InChI=1S/C19H11F5N2O/c20-18(21,22)19(23,24)27-13-9-7-12(8-10-13)17-25-14-5-1-3-11-4-2-6-15(26-17)16(11)14/h1-10H,(H,25,26).